The maximum absolute atomic E-state index is 5.47. The summed E-state index contributed by atoms with van der Waals surface area (Å²) >= 11 is 0. The summed E-state index contributed by atoms with van der Waals surface area (Å²) in [6, 6.07) is 3.92. The minimum atomic E-state index is 0.710. The fraction of sp³-hybridized carbons (Fsp3) is 0.600. The third-order valence-corrected chi connectivity index (χ3v) is 3.63. The van der Waals surface area contributed by atoms with E-state index in [2.05, 4.69) is 4.90 Å². The molecule has 2 rings (SSSR count). The Morgan fingerprint density at radius 1 is 0.842 bits per heavy atom. The smallest absolute Gasteiger partial charge is 0.164 e. The molecule has 0 atom stereocenters. The average molecular weight is 265 g/mol. The van der Waals surface area contributed by atoms with E-state index in [1.165, 1.54) is 19.3 Å². The van der Waals surface area contributed by atoms with E-state index in [9.17, 15) is 0 Å². The van der Waals surface area contributed by atoms with E-state index in [4.69, 9.17) is 14.2 Å². The predicted molar refractivity (Wildman–Crippen MR) is 75.2 cm³/mol. The zero-order chi connectivity index (χ0) is 13.7. The number of hydrogen-bond donors (Lipinski definition) is 0. The fourth-order valence-corrected chi connectivity index (χ4v) is 2.57. The monoisotopic (exact) mass is 265 g/mol. The van der Waals surface area contributed by atoms with Gasteiger partial charge in [-0.25, -0.2) is 0 Å². The van der Waals surface area contributed by atoms with Crippen LogP contribution >= 0.6 is 0 Å². The molecule has 0 unspecified atom stereocenters. The summed E-state index contributed by atoms with van der Waals surface area (Å²) in [6.45, 7) is 3.23. The quantitative estimate of drug-likeness (QED) is 0.819. The van der Waals surface area contributed by atoms with Crippen LogP contribution in [0.4, 0.5) is 0 Å². The number of benzene rings is 1. The summed E-state index contributed by atoms with van der Waals surface area (Å²) in [5.41, 5.74) is 1.15. The van der Waals surface area contributed by atoms with E-state index in [1.54, 1.807) is 21.3 Å². The highest BCUT2D eigenvalue weighted by Crippen LogP contribution is 2.35. The first-order chi connectivity index (χ1) is 9.28. The van der Waals surface area contributed by atoms with Gasteiger partial charge in [0.2, 0.25) is 0 Å². The highest BCUT2D eigenvalue weighted by atomic mass is 16.5. The highest BCUT2D eigenvalue weighted by Gasteiger charge is 2.16. The van der Waals surface area contributed by atoms with Crippen molar-refractivity contribution < 1.29 is 14.2 Å². The second-order valence-corrected chi connectivity index (χ2v) is 4.86. The molecule has 0 saturated carbocycles. The van der Waals surface area contributed by atoms with Gasteiger partial charge in [0.05, 0.1) is 21.3 Å². The number of rotatable bonds is 5. The Bertz CT molecular complexity index is 414. The van der Waals surface area contributed by atoms with Crippen molar-refractivity contribution in [2.45, 2.75) is 25.8 Å². The topological polar surface area (TPSA) is 30.9 Å². The van der Waals surface area contributed by atoms with Crippen LogP contribution in [0.3, 0.4) is 0 Å². The van der Waals surface area contributed by atoms with Crippen molar-refractivity contribution in [3.63, 3.8) is 0 Å². The van der Waals surface area contributed by atoms with Gasteiger partial charge in [-0.15, -0.1) is 0 Å². The van der Waals surface area contributed by atoms with Crippen LogP contribution in [0.15, 0.2) is 12.1 Å². The van der Waals surface area contributed by atoms with Crippen LogP contribution < -0.4 is 14.2 Å². The first kappa shape index (κ1) is 14.0. The lowest BCUT2D eigenvalue weighted by Gasteiger charge is -2.27. The van der Waals surface area contributed by atoms with E-state index in [0.29, 0.717) is 5.75 Å². The van der Waals surface area contributed by atoms with Crippen LogP contribution in [0.25, 0.3) is 0 Å². The van der Waals surface area contributed by atoms with Crippen LogP contribution in [0.1, 0.15) is 24.8 Å². The molecular weight excluding hydrogens is 242 g/mol. The maximum Gasteiger partial charge on any atom is 0.164 e. The van der Waals surface area contributed by atoms with Crippen LogP contribution in [-0.2, 0) is 6.54 Å². The van der Waals surface area contributed by atoms with Gasteiger partial charge in [-0.05, 0) is 32.0 Å². The molecule has 1 saturated heterocycles. The van der Waals surface area contributed by atoms with Gasteiger partial charge in [-0.2, -0.15) is 0 Å². The van der Waals surface area contributed by atoms with Crippen molar-refractivity contribution >= 4 is 0 Å². The number of ether oxygens (including phenoxy) is 3. The van der Waals surface area contributed by atoms with Gasteiger partial charge < -0.3 is 14.2 Å². The lowest BCUT2D eigenvalue weighted by molar-refractivity contribution is 0.217. The van der Waals surface area contributed by atoms with E-state index < -0.39 is 0 Å². The van der Waals surface area contributed by atoms with Crippen molar-refractivity contribution in [3.8, 4) is 17.2 Å². The summed E-state index contributed by atoms with van der Waals surface area (Å²) in [5.74, 6) is 2.33. The normalized spacial score (nSPS) is 16.2. The van der Waals surface area contributed by atoms with Crippen LogP contribution in [0.2, 0.25) is 0 Å². The van der Waals surface area contributed by atoms with Crippen LogP contribution in [-0.4, -0.2) is 39.3 Å². The number of hydrogen-bond acceptors (Lipinski definition) is 4. The molecule has 0 bridgehead atoms. The summed E-state index contributed by atoms with van der Waals surface area (Å²) in [4.78, 5) is 2.47. The van der Waals surface area contributed by atoms with Gasteiger partial charge in [-0.3, -0.25) is 4.90 Å². The molecule has 1 aromatic carbocycles. The van der Waals surface area contributed by atoms with E-state index in [0.717, 1.165) is 36.7 Å². The molecule has 1 aliphatic rings. The van der Waals surface area contributed by atoms with Crippen molar-refractivity contribution in [1.82, 2.24) is 4.90 Å². The Labute approximate surface area is 115 Å². The molecule has 1 aromatic rings. The van der Waals surface area contributed by atoms with E-state index >= 15 is 0 Å². The zero-order valence-electron chi connectivity index (χ0n) is 12.1. The molecule has 1 fully saturated rings. The molecule has 0 N–H and O–H groups in total. The number of nitrogens with zero attached hydrogens (tertiary/aromatic N) is 1. The fourth-order valence-electron chi connectivity index (χ4n) is 2.57. The molecule has 0 radical (unpaired) electrons. The SMILES string of the molecule is COc1cc(OC)c(OC)cc1CN1CCCCC1. The Balaban J connectivity index is 2.21. The molecule has 106 valence electrons. The van der Waals surface area contributed by atoms with Crippen molar-refractivity contribution in [1.29, 1.82) is 0 Å². The summed E-state index contributed by atoms with van der Waals surface area (Å²) in [6.07, 6.45) is 3.92. The lowest BCUT2D eigenvalue weighted by atomic mass is 10.1. The minimum absolute atomic E-state index is 0.710. The minimum Gasteiger partial charge on any atom is -0.496 e. The molecule has 0 amide bonds. The van der Waals surface area contributed by atoms with Gasteiger partial charge in [0.15, 0.2) is 11.5 Å². The number of piperidine rings is 1. The first-order valence-corrected chi connectivity index (χ1v) is 6.79. The third kappa shape index (κ3) is 3.32. The Morgan fingerprint density at radius 2 is 1.42 bits per heavy atom. The van der Waals surface area contributed by atoms with Gasteiger partial charge in [0.25, 0.3) is 0 Å². The van der Waals surface area contributed by atoms with Crippen molar-refractivity contribution in [2.75, 3.05) is 34.4 Å². The van der Waals surface area contributed by atoms with Crippen molar-refractivity contribution in [2.24, 2.45) is 0 Å². The standard InChI is InChI=1S/C15H23NO3/c1-17-13-10-15(19-3)14(18-2)9-12(13)11-16-7-5-4-6-8-16/h9-10H,4-8,11H2,1-3H3. The second kappa shape index (κ2) is 6.66. The highest BCUT2D eigenvalue weighted by molar-refractivity contribution is 5.50. The van der Waals surface area contributed by atoms with Gasteiger partial charge in [-0.1, -0.05) is 6.42 Å². The molecule has 1 heterocycles. The molecule has 0 spiro atoms. The summed E-state index contributed by atoms with van der Waals surface area (Å²) < 4.78 is 16.1. The first-order valence-electron chi connectivity index (χ1n) is 6.79. The van der Waals surface area contributed by atoms with Crippen molar-refractivity contribution in [3.05, 3.63) is 17.7 Å². The van der Waals surface area contributed by atoms with Crippen LogP contribution in [0, 0.1) is 0 Å². The van der Waals surface area contributed by atoms with Gasteiger partial charge >= 0.3 is 0 Å². The van der Waals surface area contributed by atoms with Crippen LogP contribution in [0.5, 0.6) is 17.2 Å². The molecule has 0 aliphatic carbocycles. The van der Waals surface area contributed by atoms with E-state index in [-0.39, 0.29) is 0 Å². The third-order valence-electron chi connectivity index (χ3n) is 3.63. The van der Waals surface area contributed by atoms with E-state index in [1.807, 2.05) is 12.1 Å². The van der Waals surface area contributed by atoms with Gasteiger partial charge in [0.1, 0.15) is 5.75 Å². The Morgan fingerprint density at radius 3 is 2.00 bits per heavy atom. The predicted octanol–water partition coefficient (Wildman–Crippen LogP) is 2.70. The molecular formula is C15H23NO3. The van der Waals surface area contributed by atoms with Gasteiger partial charge in [0, 0.05) is 18.2 Å². The molecule has 0 aromatic heterocycles. The second-order valence-electron chi connectivity index (χ2n) is 4.86. The zero-order valence-corrected chi connectivity index (χ0v) is 12.1. The molecule has 4 heteroatoms. The molecule has 1 aliphatic heterocycles. The number of methoxy groups -OCH3 is 3. The average Bonchev–Trinajstić information content (AvgIpc) is 2.47. The maximum atomic E-state index is 5.47. The Hall–Kier alpha value is -1.42. The number of likely N-dealkylation sites (tertiary alicyclic amines) is 1. The largest absolute Gasteiger partial charge is 0.496 e. The lowest BCUT2D eigenvalue weighted by Crippen LogP contribution is -2.29. The molecule has 19 heavy (non-hydrogen) atoms. The summed E-state index contributed by atoms with van der Waals surface area (Å²) in [5, 5.41) is 0. The Kier molecular flexibility index (Phi) is 4.91. The summed E-state index contributed by atoms with van der Waals surface area (Å²) in [7, 11) is 5.00. The molecule has 4 nitrogen and oxygen atoms in total.